The summed E-state index contributed by atoms with van der Waals surface area (Å²) in [7, 11) is 0. The van der Waals surface area contributed by atoms with Gasteiger partial charge in [-0.3, -0.25) is 0 Å². The molecule has 0 bridgehead atoms. The zero-order valence-corrected chi connectivity index (χ0v) is 14.8. The highest BCUT2D eigenvalue weighted by Crippen LogP contribution is 2.37. The first-order chi connectivity index (χ1) is 12.8. The van der Waals surface area contributed by atoms with Crippen LogP contribution >= 0.6 is 0 Å². The van der Waals surface area contributed by atoms with Gasteiger partial charge in [-0.2, -0.15) is 5.26 Å². The number of anilines is 2. The van der Waals surface area contributed by atoms with Gasteiger partial charge in [-0.25, -0.2) is 15.0 Å². The maximum atomic E-state index is 9.35. The molecule has 2 fully saturated rings. The molecule has 1 aliphatic carbocycles. The van der Waals surface area contributed by atoms with Crippen LogP contribution in [0.25, 0.3) is 0 Å². The molecule has 3 aliphatic rings. The third kappa shape index (κ3) is 2.50. The summed E-state index contributed by atoms with van der Waals surface area (Å²) in [6, 6.07) is 5.96. The van der Waals surface area contributed by atoms with Crippen molar-refractivity contribution in [3.63, 3.8) is 0 Å². The van der Waals surface area contributed by atoms with Crippen LogP contribution in [-0.4, -0.2) is 41.1 Å². The molecule has 0 amide bonds. The molecule has 0 aromatic carbocycles. The minimum Gasteiger partial charge on any atom is -0.356 e. The van der Waals surface area contributed by atoms with E-state index in [0.717, 1.165) is 44.8 Å². The number of pyridine rings is 1. The molecule has 26 heavy (non-hydrogen) atoms. The normalized spacial score (nSPS) is 24.3. The fourth-order valence-corrected chi connectivity index (χ4v) is 4.85. The number of hydrogen-bond donors (Lipinski definition) is 0. The molecule has 2 unspecified atom stereocenters. The van der Waals surface area contributed by atoms with Crippen molar-refractivity contribution >= 4 is 11.6 Å². The molecule has 0 N–H and O–H groups in total. The molecule has 2 aliphatic heterocycles. The fraction of sp³-hybridized carbons (Fsp3) is 0.500. The van der Waals surface area contributed by atoms with E-state index in [1.54, 1.807) is 12.5 Å². The lowest BCUT2D eigenvalue weighted by Crippen LogP contribution is -2.31. The fourth-order valence-electron chi connectivity index (χ4n) is 4.85. The predicted octanol–water partition coefficient (Wildman–Crippen LogP) is 2.19. The molecule has 0 radical (unpaired) electrons. The first-order valence-corrected chi connectivity index (χ1v) is 9.51. The Labute approximate surface area is 153 Å². The largest absolute Gasteiger partial charge is 0.356 e. The van der Waals surface area contributed by atoms with E-state index in [1.165, 1.54) is 29.9 Å². The topological polar surface area (TPSA) is 68.9 Å². The molecule has 5 rings (SSSR count). The first kappa shape index (κ1) is 15.6. The van der Waals surface area contributed by atoms with Crippen molar-refractivity contribution in [3.8, 4) is 6.07 Å². The number of nitrogens with zero attached hydrogens (tertiary/aromatic N) is 6. The average Bonchev–Trinajstić information content (AvgIpc) is 3.26. The monoisotopic (exact) mass is 346 g/mol. The van der Waals surface area contributed by atoms with Crippen molar-refractivity contribution < 1.29 is 0 Å². The van der Waals surface area contributed by atoms with Crippen molar-refractivity contribution in [1.29, 1.82) is 5.26 Å². The van der Waals surface area contributed by atoms with Crippen LogP contribution in [0.5, 0.6) is 0 Å². The van der Waals surface area contributed by atoms with Gasteiger partial charge < -0.3 is 9.80 Å². The zero-order valence-electron chi connectivity index (χ0n) is 14.8. The van der Waals surface area contributed by atoms with Crippen molar-refractivity contribution in [1.82, 2.24) is 15.0 Å². The molecule has 4 heterocycles. The van der Waals surface area contributed by atoms with Crippen molar-refractivity contribution in [2.24, 2.45) is 11.8 Å². The van der Waals surface area contributed by atoms with Gasteiger partial charge in [0.15, 0.2) is 0 Å². The SMILES string of the molecule is N#Cc1cccnc1N1CC2CN(c3ncnc4c3CCCC4)CC2C1. The van der Waals surface area contributed by atoms with Crippen LogP contribution in [-0.2, 0) is 12.8 Å². The number of hydrogen-bond acceptors (Lipinski definition) is 6. The van der Waals surface area contributed by atoms with Crippen LogP contribution in [0.4, 0.5) is 11.6 Å². The highest BCUT2D eigenvalue weighted by Gasteiger charge is 2.42. The van der Waals surface area contributed by atoms with Gasteiger partial charge in [0, 0.05) is 55.5 Å². The molecule has 0 saturated carbocycles. The molecule has 132 valence electrons. The van der Waals surface area contributed by atoms with Gasteiger partial charge >= 0.3 is 0 Å². The minimum atomic E-state index is 0.609. The summed E-state index contributed by atoms with van der Waals surface area (Å²) >= 11 is 0. The van der Waals surface area contributed by atoms with Crippen molar-refractivity contribution in [3.05, 3.63) is 41.5 Å². The van der Waals surface area contributed by atoms with Crippen LogP contribution in [0.2, 0.25) is 0 Å². The van der Waals surface area contributed by atoms with Gasteiger partial charge in [0.1, 0.15) is 24.0 Å². The van der Waals surface area contributed by atoms with Crippen molar-refractivity contribution in [2.45, 2.75) is 25.7 Å². The summed E-state index contributed by atoms with van der Waals surface area (Å²) in [5, 5.41) is 9.35. The lowest BCUT2D eigenvalue weighted by molar-refractivity contribution is 0.533. The Hall–Kier alpha value is -2.68. The zero-order chi connectivity index (χ0) is 17.5. The van der Waals surface area contributed by atoms with Crippen LogP contribution < -0.4 is 9.80 Å². The third-order valence-electron chi connectivity index (χ3n) is 6.09. The Kier molecular flexibility index (Phi) is 3.74. The van der Waals surface area contributed by atoms with E-state index in [9.17, 15) is 5.26 Å². The molecule has 2 aromatic rings. The highest BCUT2D eigenvalue weighted by atomic mass is 15.3. The van der Waals surface area contributed by atoms with E-state index in [2.05, 4.69) is 30.8 Å². The van der Waals surface area contributed by atoms with Crippen LogP contribution in [0.3, 0.4) is 0 Å². The smallest absolute Gasteiger partial charge is 0.146 e. The molecule has 0 spiro atoms. The number of aryl methyl sites for hydroxylation is 1. The van der Waals surface area contributed by atoms with Gasteiger partial charge in [-0.05, 0) is 37.8 Å². The summed E-state index contributed by atoms with van der Waals surface area (Å²) in [5.74, 6) is 3.23. The third-order valence-corrected chi connectivity index (χ3v) is 6.09. The molecule has 2 aromatic heterocycles. The van der Waals surface area contributed by atoms with Gasteiger partial charge in [-0.15, -0.1) is 0 Å². The van der Waals surface area contributed by atoms with Gasteiger partial charge in [0.2, 0.25) is 0 Å². The first-order valence-electron chi connectivity index (χ1n) is 9.51. The Morgan fingerprint density at radius 3 is 2.42 bits per heavy atom. The van der Waals surface area contributed by atoms with E-state index >= 15 is 0 Å². The maximum Gasteiger partial charge on any atom is 0.146 e. The highest BCUT2D eigenvalue weighted by molar-refractivity contribution is 5.56. The number of aromatic nitrogens is 3. The quantitative estimate of drug-likeness (QED) is 0.830. The number of rotatable bonds is 2. The standard InChI is InChI=1S/C20H22N6/c21-8-14-4-3-7-22-19(14)25-9-15-11-26(12-16(15)10-25)20-17-5-1-2-6-18(17)23-13-24-20/h3-4,7,13,15-16H,1-2,5-6,9-12H2. The van der Waals surface area contributed by atoms with E-state index in [4.69, 9.17) is 0 Å². The van der Waals surface area contributed by atoms with Crippen LogP contribution in [0.1, 0.15) is 29.7 Å². The lowest BCUT2D eigenvalue weighted by atomic mass is 9.96. The van der Waals surface area contributed by atoms with Crippen LogP contribution in [0, 0.1) is 23.2 Å². The molecule has 2 saturated heterocycles. The Balaban J connectivity index is 1.35. The van der Waals surface area contributed by atoms with E-state index < -0.39 is 0 Å². The summed E-state index contributed by atoms with van der Waals surface area (Å²) in [4.78, 5) is 18.4. The molecular weight excluding hydrogens is 324 g/mol. The second-order valence-electron chi connectivity index (χ2n) is 7.65. The van der Waals surface area contributed by atoms with Crippen LogP contribution in [0.15, 0.2) is 24.7 Å². The average molecular weight is 346 g/mol. The molecule has 6 heteroatoms. The van der Waals surface area contributed by atoms with Gasteiger partial charge in [-0.1, -0.05) is 0 Å². The Bertz CT molecular complexity index is 859. The molecule has 6 nitrogen and oxygen atoms in total. The minimum absolute atomic E-state index is 0.609. The second-order valence-corrected chi connectivity index (χ2v) is 7.65. The summed E-state index contributed by atoms with van der Waals surface area (Å²) < 4.78 is 0. The van der Waals surface area contributed by atoms with E-state index in [1.807, 2.05) is 12.1 Å². The second kappa shape index (κ2) is 6.24. The van der Waals surface area contributed by atoms with E-state index in [0.29, 0.717) is 17.4 Å². The Morgan fingerprint density at radius 2 is 1.65 bits per heavy atom. The summed E-state index contributed by atoms with van der Waals surface area (Å²) in [5.41, 5.74) is 3.31. The van der Waals surface area contributed by atoms with Crippen molar-refractivity contribution in [2.75, 3.05) is 36.0 Å². The summed E-state index contributed by atoms with van der Waals surface area (Å²) in [6.45, 7) is 4.03. The molecule has 2 atom stereocenters. The lowest BCUT2D eigenvalue weighted by Gasteiger charge is -2.26. The van der Waals surface area contributed by atoms with Gasteiger partial charge in [0.25, 0.3) is 0 Å². The summed E-state index contributed by atoms with van der Waals surface area (Å²) in [6.07, 6.45) is 8.23. The van der Waals surface area contributed by atoms with Gasteiger partial charge in [0.05, 0.1) is 5.56 Å². The van der Waals surface area contributed by atoms with E-state index in [-0.39, 0.29) is 0 Å². The predicted molar refractivity (Wildman–Crippen MR) is 99.0 cm³/mol. The molecular formula is C20H22N6. The number of nitriles is 1. The maximum absolute atomic E-state index is 9.35. The Morgan fingerprint density at radius 1 is 0.923 bits per heavy atom. The number of fused-ring (bicyclic) bond motifs is 2.